The number of carbonyl (C=O) groups is 1. The van der Waals surface area contributed by atoms with Crippen LogP contribution in [0.3, 0.4) is 0 Å². The lowest BCUT2D eigenvalue weighted by Crippen LogP contribution is -2.29. The van der Waals surface area contributed by atoms with Crippen LogP contribution >= 0.6 is 11.3 Å². The third-order valence-electron chi connectivity index (χ3n) is 3.71. The number of benzene rings is 1. The molecule has 0 unspecified atom stereocenters. The molecule has 24 heavy (non-hydrogen) atoms. The number of imidazole rings is 1. The molecule has 6 heteroatoms. The van der Waals surface area contributed by atoms with E-state index in [-0.39, 0.29) is 5.91 Å². The summed E-state index contributed by atoms with van der Waals surface area (Å²) in [7, 11) is 0. The van der Waals surface area contributed by atoms with Gasteiger partial charge >= 0.3 is 0 Å². The van der Waals surface area contributed by atoms with E-state index in [4.69, 9.17) is 0 Å². The largest absolute Gasteiger partial charge is 0.354 e. The van der Waals surface area contributed by atoms with E-state index < -0.39 is 0 Å². The van der Waals surface area contributed by atoms with Gasteiger partial charge < -0.3 is 9.88 Å². The monoisotopic (exact) mass is 340 g/mol. The maximum atomic E-state index is 12.0. The zero-order chi connectivity index (χ0) is 16.8. The number of aryl methyl sites for hydroxylation is 1. The number of nitrogens with zero attached hydrogens (tertiary/aromatic N) is 3. The van der Waals surface area contributed by atoms with E-state index in [1.165, 1.54) is 0 Å². The molecule has 124 valence electrons. The summed E-state index contributed by atoms with van der Waals surface area (Å²) in [6.07, 6.45) is 5.13. The number of aromatic nitrogens is 3. The van der Waals surface area contributed by atoms with Crippen LogP contribution in [0, 0.1) is 0 Å². The minimum absolute atomic E-state index is 0.00235. The van der Waals surface area contributed by atoms with Crippen molar-refractivity contribution in [2.24, 2.45) is 0 Å². The Bertz CT molecular complexity index is 794. The molecule has 0 saturated heterocycles. The van der Waals surface area contributed by atoms with Gasteiger partial charge in [-0.2, -0.15) is 0 Å². The summed E-state index contributed by atoms with van der Waals surface area (Å²) < 4.78 is 1.88. The van der Waals surface area contributed by atoms with Crippen molar-refractivity contribution in [3.63, 3.8) is 0 Å². The number of thiazole rings is 1. The molecule has 0 atom stereocenters. The predicted molar refractivity (Wildman–Crippen MR) is 95.9 cm³/mol. The lowest BCUT2D eigenvalue weighted by atomic mass is 10.2. The molecule has 0 radical (unpaired) electrons. The molecular weight excluding hydrogens is 320 g/mol. The summed E-state index contributed by atoms with van der Waals surface area (Å²) in [6, 6.07) is 10.1. The minimum atomic E-state index is 0.00235. The van der Waals surface area contributed by atoms with Gasteiger partial charge in [0.2, 0.25) is 5.91 Å². The maximum Gasteiger partial charge on any atom is 0.239 e. The molecule has 1 aromatic carbocycles. The van der Waals surface area contributed by atoms with E-state index in [9.17, 15) is 4.79 Å². The lowest BCUT2D eigenvalue weighted by molar-refractivity contribution is -0.121. The molecular formula is C18H20N4OS. The lowest BCUT2D eigenvalue weighted by Gasteiger charge is -2.07. The van der Waals surface area contributed by atoms with E-state index >= 15 is 0 Å². The normalized spacial score (nSPS) is 10.7. The molecule has 0 saturated carbocycles. The predicted octanol–water partition coefficient (Wildman–Crippen LogP) is 2.93. The number of hydrogen-bond donors (Lipinski definition) is 1. The third kappa shape index (κ3) is 4.08. The maximum absolute atomic E-state index is 12.0. The molecule has 0 aliphatic carbocycles. The Morgan fingerprint density at radius 1 is 1.29 bits per heavy atom. The molecule has 5 nitrogen and oxygen atoms in total. The van der Waals surface area contributed by atoms with Gasteiger partial charge in [0.15, 0.2) is 0 Å². The van der Waals surface area contributed by atoms with Crippen molar-refractivity contribution in [1.29, 1.82) is 0 Å². The van der Waals surface area contributed by atoms with Crippen LogP contribution in [0.25, 0.3) is 11.3 Å². The fourth-order valence-electron chi connectivity index (χ4n) is 2.49. The second-order valence-electron chi connectivity index (χ2n) is 5.42. The highest BCUT2D eigenvalue weighted by Crippen LogP contribution is 2.21. The third-order valence-corrected chi connectivity index (χ3v) is 4.62. The first kappa shape index (κ1) is 16.4. The van der Waals surface area contributed by atoms with Gasteiger partial charge in [-0.3, -0.25) is 4.79 Å². The average Bonchev–Trinajstić information content (AvgIpc) is 3.25. The molecule has 2 heterocycles. The van der Waals surface area contributed by atoms with Crippen LogP contribution in [-0.2, 0) is 24.2 Å². The average molecular weight is 340 g/mol. The first-order chi connectivity index (χ1) is 11.8. The topological polar surface area (TPSA) is 59.8 Å². The van der Waals surface area contributed by atoms with Crippen molar-refractivity contribution in [1.82, 2.24) is 19.9 Å². The zero-order valence-corrected chi connectivity index (χ0v) is 14.4. The van der Waals surface area contributed by atoms with E-state index in [0.29, 0.717) is 13.1 Å². The van der Waals surface area contributed by atoms with Crippen molar-refractivity contribution >= 4 is 17.2 Å². The van der Waals surface area contributed by atoms with Crippen molar-refractivity contribution in [3.05, 3.63) is 58.9 Å². The quantitative estimate of drug-likeness (QED) is 0.719. The minimum Gasteiger partial charge on any atom is -0.354 e. The summed E-state index contributed by atoms with van der Waals surface area (Å²) in [5.41, 5.74) is 2.11. The van der Waals surface area contributed by atoms with Gasteiger partial charge in [-0.05, 0) is 0 Å². The smallest absolute Gasteiger partial charge is 0.239 e. The fraction of sp³-hybridized carbons (Fsp3) is 0.278. The standard InChI is InChI=1S/C18H20N4OS/c1-2-16-19-10-11-22(16)12-17(23)20-9-8-18-21-15(13-24-18)14-6-4-3-5-7-14/h3-7,10-11,13H,2,8-9,12H2,1H3,(H,20,23). The number of rotatable bonds is 7. The molecule has 1 N–H and O–H groups in total. The molecule has 0 fully saturated rings. The van der Waals surface area contributed by atoms with Crippen LogP contribution < -0.4 is 5.32 Å². The Kier molecular flexibility index (Phi) is 5.38. The van der Waals surface area contributed by atoms with E-state index in [2.05, 4.69) is 32.8 Å². The first-order valence-corrected chi connectivity index (χ1v) is 8.90. The van der Waals surface area contributed by atoms with E-state index in [0.717, 1.165) is 34.9 Å². The van der Waals surface area contributed by atoms with Crippen molar-refractivity contribution in [2.45, 2.75) is 26.3 Å². The van der Waals surface area contributed by atoms with Crippen LogP contribution in [0.4, 0.5) is 0 Å². The van der Waals surface area contributed by atoms with E-state index in [1.54, 1.807) is 17.5 Å². The second-order valence-corrected chi connectivity index (χ2v) is 6.36. The van der Waals surface area contributed by atoms with Crippen LogP contribution in [0.5, 0.6) is 0 Å². The van der Waals surface area contributed by atoms with Crippen LogP contribution in [0.1, 0.15) is 17.8 Å². The van der Waals surface area contributed by atoms with Crippen molar-refractivity contribution in [3.8, 4) is 11.3 Å². The Morgan fingerprint density at radius 3 is 2.92 bits per heavy atom. The number of amides is 1. The van der Waals surface area contributed by atoms with Crippen LogP contribution in [0.2, 0.25) is 0 Å². The summed E-state index contributed by atoms with van der Waals surface area (Å²) in [5.74, 6) is 0.931. The summed E-state index contributed by atoms with van der Waals surface area (Å²) in [6.45, 7) is 2.94. The van der Waals surface area contributed by atoms with Gasteiger partial charge in [-0.25, -0.2) is 9.97 Å². The van der Waals surface area contributed by atoms with Gasteiger partial charge in [-0.1, -0.05) is 37.3 Å². The molecule has 1 amide bonds. The Morgan fingerprint density at radius 2 is 2.12 bits per heavy atom. The van der Waals surface area contributed by atoms with Gasteiger partial charge in [0.1, 0.15) is 12.4 Å². The number of hydrogen-bond acceptors (Lipinski definition) is 4. The van der Waals surface area contributed by atoms with Gasteiger partial charge in [0.05, 0.1) is 10.7 Å². The molecule has 2 aromatic heterocycles. The first-order valence-electron chi connectivity index (χ1n) is 8.03. The SMILES string of the molecule is CCc1nccn1CC(=O)NCCc1nc(-c2ccccc2)cs1. The molecule has 0 aliphatic heterocycles. The van der Waals surface area contributed by atoms with E-state index in [1.807, 2.05) is 35.9 Å². The van der Waals surface area contributed by atoms with Crippen LogP contribution in [0.15, 0.2) is 48.1 Å². The summed E-state index contributed by atoms with van der Waals surface area (Å²) >= 11 is 1.63. The van der Waals surface area contributed by atoms with Crippen molar-refractivity contribution < 1.29 is 4.79 Å². The Hall–Kier alpha value is -2.47. The van der Waals surface area contributed by atoms with Gasteiger partial charge in [-0.15, -0.1) is 11.3 Å². The Labute approximate surface area is 145 Å². The molecule has 3 aromatic rings. The van der Waals surface area contributed by atoms with Gasteiger partial charge in [0, 0.05) is 42.7 Å². The van der Waals surface area contributed by atoms with Crippen LogP contribution in [-0.4, -0.2) is 27.0 Å². The van der Waals surface area contributed by atoms with Crippen molar-refractivity contribution in [2.75, 3.05) is 6.54 Å². The molecule has 0 bridgehead atoms. The highest BCUT2D eigenvalue weighted by molar-refractivity contribution is 7.09. The summed E-state index contributed by atoms with van der Waals surface area (Å²) in [4.78, 5) is 20.9. The second kappa shape index (κ2) is 7.88. The molecule has 0 spiro atoms. The molecule has 0 aliphatic rings. The molecule has 3 rings (SSSR count). The van der Waals surface area contributed by atoms with Gasteiger partial charge in [0.25, 0.3) is 0 Å². The summed E-state index contributed by atoms with van der Waals surface area (Å²) in [5, 5.41) is 6.04. The Balaban J connectivity index is 1.48. The highest BCUT2D eigenvalue weighted by Gasteiger charge is 2.07. The fourth-order valence-corrected chi connectivity index (χ4v) is 3.29. The number of carbonyl (C=O) groups excluding carboxylic acids is 1. The number of nitrogens with one attached hydrogen (secondary N) is 1. The highest BCUT2D eigenvalue weighted by atomic mass is 32.1. The zero-order valence-electron chi connectivity index (χ0n) is 13.6.